The van der Waals surface area contributed by atoms with E-state index in [4.69, 9.17) is 28.3 Å². The van der Waals surface area contributed by atoms with Gasteiger partial charge in [-0.25, -0.2) is 9.48 Å². The Balaban J connectivity index is 2.71. The van der Waals surface area contributed by atoms with Gasteiger partial charge in [0.15, 0.2) is 0 Å². The summed E-state index contributed by atoms with van der Waals surface area (Å²) >= 11 is 11.8. The highest BCUT2D eigenvalue weighted by Gasteiger charge is 2.15. The molecule has 0 saturated heterocycles. The van der Waals surface area contributed by atoms with E-state index in [0.717, 1.165) is 0 Å². The third-order valence-electron chi connectivity index (χ3n) is 2.45. The van der Waals surface area contributed by atoms with Gasteiger partial charge >= 0.3 is 5.97 Å². The predicted octanol–water partition coefficient (Wildman–Crippen LogP) is 2.55. The zero-order valence-corrected chi connectivity index (χ0v) is 11.2. The quantitative estimate of drug-likeness (QED) is 0.925. The monoisotopic (exact) mass is 298 g/mol. The van der Waals surface area contributed by atoms with Gasteiger partial charge in [0.25, 0.3) is 0 Å². The highest BCUT2D eigenvalue weighted by molar-refractivity contribution is 6.35. The van der Waals surface area contributed by atoms with Crippen LogP contribution in [-0.4, -0.2) is 20.9 Å². The van der Waals surface area contributed by atoms with Gasteiger partial charge < -0.3 is 5.11 Å². The number of hydrogen-bond acceptors (Lipinski definition) is 3. The van der Waals surface area contributed by atoms with Crippen molar-refractivity contribution in [2.24, 2.45) is 0 Å². The maximum atomic E-state index is 11.5. The lowest BCUT2D eigenvalue weighted by Gasteiger charge is -2.11. The molecule has 98 valence electrons. The molecular weight excluding hydrogens is 291 g/mol. The molecule has 19 heavy (non-hydrogen) atoms. The van der Waals surface area contributed by atoms with E-state index in [1.54, 1.807) is 19.1 Å². The highest BCUT2D eigenvalue weighted by Crippen LogP contribution is 2.24. The number of aryl methyl sites for hydroxylation is 1. The van der Waals surface area contributed by atoms with Crippen molar-refractivity contribution in [2.75, 3.05) is 0 Å². The van der Waals surface area contributed by atoms with Crippen molar-refractivity contribution < 1.29 is 9.90 Å². The maximum Gasteiger partial charge on any atom is 0.360 e. The van der Waals surface area contributed by atoms with Gasteiger partial charge in [-0.15, -0.1) is 0 Å². The van der Waals surface area contributed by atoms with Crippen molar-refractivity contribution in [3.8, 4) is 5.69 Å². The number of hydrogen-bond donors (Lipinski definition) is 1. The molecule has 1 N–H and O–H groups in total. The van der Waals surface area contributed by atoms with E-state index in [1.807, 2.05) is 0 Å². The Bertz CT molecular complexity index is 725. The molecule has 2 rings (SSSR count). The van der Waals surface area contributed by atoms with Crippen LogP contribution in [0.4, 0.5) is 0 Å². The summed E-state index contributed by atoms with van der Waals surface area (Å²) < 4.78 is 1.30. The fraction of sp³-hybridized carbons (Fsp3) is 0.0833. The number of benzene rings is 1. The molecule has 0 spiro atoms. The van der Waals surface area contributed by atoms with Gasteiger partial charge in [0, 0.05) is 16.8 Å². The molecule has 1 heterocycles. The molecule has 0 unspecified atom stereocenters. The number of halogens is 2. The number of carboxylic acid groups (broad SMARTS) is 1. The average Bonchev–Trinajstić information content (AvgIpc) is 2.30. The standard InChI is InChI=1S/C12H8Cl2N2O3/c1-6-4-10(17)11(12(18)19)15-16(6)9-3-2-7(13)5-8(9)14/h2-5H,1H3,(H,18,19). The average molecular weight is 299 g/mol. The first-order chi connectivity index (χ1) is 8.90. The molecule has 0 aliphatic heterocycles. The maximum absolute atomic E-state index is 11.5. The van der Waals surface area contributed by atoms with E-state index in [9.17, 15) is 9.59 Å². The van der Waals surface area contributed by atoms with E-state index < -0.39 is 17.1 Å². The minimum atomic E-state index is -1.39. The third-order valence-corrected chi connectivity index (χ3v) is 2.99. The van der Waals surface area contributed by atoms with Crippen LogP contribution in [0.2, 0.25) is 10.0 Å². The van der Waals surface area contributed by atoms with Crippen molar-refractivity contribution in [1.29, 1.82) is 0 Å². The van der Waals surface area contributed by atoms with Crippen molar-refractivity contribution in [1.82, 2.24) is 9.78 Å². The SMILES string of the molecule is Cc1cc(=O)c(C(=O)O)nn1-c1ccc(Cl)cc1Cl. The van der Waals surface area contributed by atoms with Gasteiger partial charge in [-0.05, 0) is 25.1 Å². The normalized spacial score (nSPS) is 10.5. The number of aromatic nitrogens is 2. The van der Waals surface area contributed by atoms with Gasteiger partial charge in [-0.1, -0.05) is 23.2 Å². The molecule has 0 radical (unpaired) electrons. The molecule has 0 atom stereocenters. The first kappa shape index (κ1) is 13.6. The summed E-state index contributed by atoms with van der Waals surface area (Å²) in [4.78, 5) is 22.4. The van der Waals surface area contributed by atoms with Crippen molar-refractivity contribution >= 4 is 29.2 Å². The largest absolute Gasteiger partial charge is 0.476 e. The molecule has 0 bridgehead atoms. The van der Waals surface area contributed by atoms with Crippen LogP contribution in [0.15, 0.2) is 29.1 Å². The Labute approximate surface area is 118 Å². The van der Waals surface area contributed by atoms with Crippen LogP contribution in [0.1, 0.15) is 16.2 Å². The Morgan fingerprint density at radius 2 is 2.00 bits per heavy atom. The van der Waals surface area contributed by atoms with Crippen LogP contribution in [0, 0.1) is 6.92 Å². The van der Waals surface area contributed by atoms with Gasteiger partial charge in [0.1, 0.15) is 0 Å². The molecule has 0 saturated carbocycles. The molecule has 1 aromatic carbocycles. The van der Waals surface area contributed by atoms with Crippen LogP contribution in [0.5, 0.6) is 0 Å². The van der Waals surface area contributed by atoms with Gasteiger partial charge in [0.05, 0.1) is 10.7 Å². The number of carboxylic acids is 1. The summed E-state index contributed by atoms with van der Waals surface area (Å²) in [6, 6.07) is 5.91. The predicted molar refractivity (Wildman–Crippen MR) is 71.6 cm³/mol. The molecule has 5 nitrogen and oxygen atoms in total. The van der Waals surface area contributed by atoms with Crippen LogP contribution in [-0.2, 0) is 0 Å². The van der Waals surface area contributed by atoms with E-state index in [2.05, 4.69) is 5.10 Å². The first-order valence-corrected chi connectivity index (χ1v) is 5.95. The smallest absolute Gasteiger partial charge is 0.360 e. The van der Waals surface area contributed by atoms with Crippen molar-refractivity contribution in [2.45, 2.75) is 6.92 Å². The number of aromatic carboxylic acids is 1. The molecule has 2 aromatic rings. The summed E-state index contributed by atoms with van der Waals surface area (Å²) in [5, 5.41) is 13.5. The lowest BCUT2D eigenvalue weighted by Crippen LogP contribution is -2.22. The molecular formula is C12H8Cl2N2O3. The third kappa shape index (κ3) is 2.62. The zero-order valence-electron chi connectivity index (χ0n) is 9.72. The summed E-state index contributed by atoms with van der Waals surface area (Å²) in [6.07, 6.45) is 0. The number of rotatable bonds is 2. The molecule has 1 aromatic heterocycles. The van der Waals surface area contributed by atoms with E-state index in [-0.39, 0.29) is 0 Å². The molecule has 7 heteroatoms. The lowest BCUT2D eigenvalue weighted by molar-refractivity contribution is 0.0686. The minimum Gasteiger partial charge on any atom is -0.476 e. The zero-order chi connectivity index (χ0) is 14.2. The van der Waals surface area contributed by atoms with Crippen LogP contribution >= 0.6 is 23.2 Å². The first-order valence-electron chi connectivity index (χ1n) is 5.20. The van der Waals surface area contributed by atoms with Crippen LogP contribution in [0.25, 0.3) is 5.69 Å². The van der Waals surface area contributed by atoms with Gasteiger partial charge in [-0.3, -0.25) is 4.79 Å². The minimum absolute atomic E-state index is 0.308. The Morgan fingerprint density at radius 1 is 1.32 bits per heavy atom. The van der Waals surface area contributed by atoms with Crippen LogP contribution < -0.4 is 5.43 Å². The Kier molecular flexibility index (Phi) is 3.59. The van der Waals surface area contributed by atoms with E-state index >= 15 is 0 Å². The summed E-state index contributed by atoms with van der Waals surface area (Å²) in [5.41, 5.74) is -0.284. The fourth-order valence-corrected chi connectivity index (χ4v) is 2.08. The second kappa shape index (κ2) is 5.03. The Morgan fingerprint density at radius 3 is 2.58 bits per heavy atom. The van der Waals surface area contributed by atoms with Crippen LogP contribution in [0.3, 0.4) is 0 Å². The molecule has 0 fully saturated rings. The topological polar surface area (TPSA) is 72.2 Å². The van der Waals surface area contributed by atoms with Gasteiger partial charge in [0.2, 0.25) is 11.1 Å². The highest BCUT2D eigenvalue weighted by atomic mass is 35.5. The second-order valence-corrected chi connectivity index (χ2v) is 4.65. The summed E-state index contributed by atoms with van der Waals surface area (Å²) in [5.74, 6) is -1.39. The molecule has 0 aliphatic rings. The molecule has 0 aliphatic carbocycles. The molecule has 0 amide bonds. The van der Waals surface area contributed by atoms with Crippen molar-refractivity contribution in [3.05, 3.63) is 55.9 Å². The lowest BCUT2D eigenvalue weighted by atomic mass is 10.3. The Hall–Kier alpha value is -1.85. The number of nitrogens with zero attached hydrogens (tertiary/aromatic N) is 2. The van der Waals surface area contributed by atoms with E-state index in [0.29, 0.717) is 21.4 Å². The van der Waals surface area contributed by atoms with E-state index in [1.165, 1.54) is 16.8 Å². The van der Waals surface area contributed by atoms with Crippen molar-refractivity contribution in [3.63, 3.8) is 0 Å². The van der Waals surface area contributed by atoms with Gasteiger partial charge in [-0.2, -0.15) is 5.10 Å². The second-order valence-electron chi connectivity index (χ2n) is 3.81. The summed E-state index contributed by atoms with van der Waals surface area (Å²) in [6.45, 7) is 1.63. The summed E-state index contributed by atoms with van der Waals surface area (Å²) in [7, 11) is 0. The fourth-order valence-electron chi connectivity index (χ4n) is 1.59. The number of carbonyl (C=O) groups is 1.